The van der Waals surface area contributed by atoms with Crippen molar-refractivity contribution in [2.24, 2.45) is 0 Å². The summed E-state index contributed by atoms with van der Waals surface area (Å²) in [6.45, 7) is 0. The molecule has 0 fully saturated rings. The van der Waals surface area contributed by atoms with Gasteiger partial charge in [0.05, 0.1) is 16.7 Å². The Morgan fingerprint density at radius 2 is 1.17 bits per heavy atom. The predicted octanol–water partition coefficient (Wildman–Crippen LogP) is 10.9. The molecule has 0 N–H and O–H groups in total. The van der Waals surface area contributed by atoms with Gasteiger partial charge in [-0.25, -0.2) is 0 Å². The number of fused-ring (bicyclic) bond motifs is 9. The van der Waals surface area contributed by atoms with Crippen LogP contribution in [-0.4, -0.2) is 4.57 Å². The van der Waals surface area contributed by atoms with Gasteiger partial charge >= 0.3 is 0 Å². The molecule has 0 unspecified atom stereocenters. The van der Waals surface area contributed by atoms with Crippen molar-refractivity contribution in [3.63, 3.8) is 0 Å². The van der Waals surface area contributed by atoms with E-state index in [9.17, 15) is 0 Å². The van der Waals surface area contributed by atoms with Crippen LogP contribution >= 0.6 is 0 Å². The number of rotatable bonds is 2. The molecule has 8 aromatic rings. The van der Waals surface area contributed by atoms with E-state index in [1.54, 1.807) is 0 Å². The van der Waals surface area contributed by atoms with Crippen molar-refractivity contribution in [2.45, 2.75) is 12.8 Å². The Hall–Kier alpha value is -5.14. The molecule has 1 aliphatic carbocycles. The minimum atomic E-state index is 1.06. The number of allylic oxidation sites excluding steroid dienone is 1. The average Bonchev–Trinajstić information content (AvgIpc) is 3.38. The normalized spacial score (nSPS) is 13.1. The van der Waals surface area contributed by atoms with E-state index < -0.39 is 0 Å². The first-order valence-corrected chi connectivity index (χ1v) is 14.5. The fraction of sp³-hybridized carbons (Fsp3) is 0.0500. The zero-order valence-electron chi connectivity index (χ0n) is 22.6. The van der Waals surface area contributed by atoms with Crippen molar-refractivity contribution in [3.05, 3.63) is 145 Å². The van der Waals surface area contributed by atoms with Crippen LogP contribution in [0.4, 0.5) is 0 Å². The zero-order chi connectivity index (χ0) is 26.9. The van der Waals surface area contributed by atoms with E-state index in [-0.39, 0.29) is 0 Å². The fourth-order valence-corrected chi connectivity index (χ4v) is 7.19. The summed E-state index contributed by atoms with van der Waals surface area (Å²) in [5, 5.41) is 10.4. The van der Waals surface area contributed by atoms with E-state index in [0.29, 0.717) is 0 Å². The highest BCUT2D eigenvalue weighted by Crippen LogP contribution is 2.43. The van der Waals surface area contributed by atoms with Gasteiger partial charge in [-0.3, -0.25) is 0 Å². The fourth-order valence-electron chi connectivity index (χ4n) is 7.19. The molecular formula is C40H27N. The Morgan fingerprint density at radius 3 is 1.95 bits per heavy atom. The van der Waals surface area contributed by atoms with Crippen LogP contribution < -0.4 is 0 Å². The molecule has 192 valence electrons. The first kappa shape index (κ1) is 22.7. The van der Waals surface area contributed by atoms with Crippen molar-refractivity contribution in [1.29, 1.82) is 0 Å². The van der Waals surface area contributed by atoms with Gasteiger partial charge in [0, 0.05) is 16.2 Å². The van der Waals surface area contributed by atoms with Crippen LogP contribution in [0.25, 0.3) is 77.0 Å². The zero-order valence-corrected chi connectivity index (χ0v) is 22.6. The summed E-state index contributed by atoms with van der Waals surface area (Å²) in [7, 11) is 0. The molecule has 0 saturated heterocycles. The summed E-state index contributed by atoms with van der Waals surface area (Å²) in [5.74, 6) is 0. The largest absolute Gasteiger partial charge is 0.309 e. The van der Waals surface area contributed by atoms with Crippen LogP contribution in [0, 0.1) is 0 Å². The maximum atomic E-state index is 2.47. The van der Waals surface area contributed by atoms with E-state index in [2.05, 4.69) is 144 Å². The van der Waals surface area contributed by atoms with Gasteiger partial charge in [0.1, 0.15) is 0 Å². The van der Waals surface area contributed by atoms with Crippen LogP contribution in [0.15, 0.2) is 133 Å². The molecule has 0 atom stereocenters. The molecule has 7 aromatic carbocycles. The molecule has 41 heavy (non-hydrogen) atoms. The Bertz CT molecular complexity index is 2310. The first-order valence-electron chi connectivity index (χ1n) is 14.5. The summed E-state index contributed by atoms with van der Waals surface area (Å²) in [5.41, 5.74) is 9.20. The van der Waals surface area contributed by atoms with Crippen LogP contribution in [0.5, 0.6) is 0 Å². The Kier molecular flexibility index (Phi) is 4.80. The molecule has 1 aliphatic rings. The molecule has 0 amide bonds. The summed E-state index contributed by atoms with van der Waals surface area (Å²) in [4.78, 5) is 0. The molecule has 0 bridgehead atoms. The highest BCUT2D eigenvalue weighted by molar-refractivity contribution is 6.18. The van der Waals surface area contributed by atoms with Gasteiger partial charge in [0.25, 0.3) is 0 Å². The number of hydrogen-bond donors (Lipinski definition) is 0. The van der Waals surface area contributed by atoms with Crippen molar-refractivity contribution in [1.82, 2.24) is 4.57 Å². The number of benzene rings is 7. The molecule has 1 heterocycles. The van der Waals surface area contributed by atoms with E-state index in [1.807, 2.05) is 0 Å². The SMILES string of the molecule is C1=Cc2c(c(-c3ccc4ccccc4c3)cc3cc(-n4c5ccccc5c5ccccc54)c4ccccc4c23)CC1. The van der Waals surface area contributed by atoms with Crippen molar-refractivity contribution in [2.75, 3.05) is 0 Å². The summed E-state index contributed by atoms with van der Waals surface area (Å²) in [6.07, 6.45) is 6.86. The lowest BCUT2D eigenvalue weighted by Gasteiger charge is -2.22. The molecule has 0 spiro atoms. The quantitative estimate of drug-likeness (QED) is 0.199. The van der Waals surface area contributed by atoms with Gasteiger partial charge in [-0.15, -0.1) is 0 Å². The topological polar surface area (TPSA) is 4.93 Å². The second kappa shape index (κ2) is 8.68. The number of nitrogens with zero attached hydrogens (tertiary/aromatic N) is 1. The highest BCUT2D eigenvalue weighted by atomic mass is 15.0. The van der Waals surface area contributed by atoms with Crippen LogP contribution in [0.3, 0.4) is 0 Å². The minimum absolute atomic E-state index is 1.06. The van der Waals surface area contributed by atoms with Gasteiger partial charge < -0.3 is 4.57 Å². The third-order valence-corrected chi connectivity index (χ3v) is 9.00. The predicted molar refractivity (Wildman–Crippen MR) is 176 cm³/mol. The highest BCUT2D eigenvalue weighted by Gasteiger charge is 2.20. The lowest BCUT2D eigenvalue weighted by Crippen LogP contribution is -2.02. The van der Waals surface area contributed by atoms with Gasteiger partial charge in [-0.2, -0.15) is 0 Å². The summed E-state index contributed by atoms with van der Waals surface area (Å²) in [6, 6.07) is 47.1. The van der Waals surface area contributed by atoms with E-state index >= 15 is 0 Å². The Morgan fingerprint density at radius 1 is 0.512 bits per heavy atom. The third-order valence-electron chi connectivity index (χ3n) is 9.00. The molecule has 1 heteroatoms. The van der Waals surface area contributed by atoms with Crippen LogP contribution in [-0.2, 0) is 6.42 Å². The Balaban J connectivity index is 1.43. The number of para-hydroxylation sites is 2. The second-order valence-electron chi connectivity index (χ2n) is 11.2. The van der Waals surface area contributed by atoms with E-state index in [1.165, 1.54) is 82.1 Å². The molecular weight excluding hydrogens is 494 g/mol. The first-order chi connectivity index (χ1) is 20.3. The number of hydrogen-bond acceptors (Lipinski definition) is 0. The van der Waals surface area contributed by atoms with Crippen molar-refractivity contribution >= 4 is 60.2 Å². The smallest absolute Gasteiger partial charge is 0.0546 e. The van der Waals surface area contributed by atoms with E-state index in [0.717, 1.165) is 12.8 Å². The number of aromatic nitrogens is 1. The summed E-state index contributed by atoms with van der Waals surface area (Å²) >= 11 is 0. The van der Waals surface area contributed by atoms with Gasteiger partial charge in [-0.1, -0.05) is 109 Å². The molecule has 1 aromatic heterocycles. The molecule has 0 saturated carbocycles. The Labute approximate surface area is 238 Å². The standard InChI is InChI=1S/C40H27N/c1-2-12-27-23-28(22-21-26(27)11-1)36-24-29-25-39(41-37-19-9-7-14-31(37)32-15-8-10-20-38(32)41)33-16-4-6-18-35(33)40(29)34-17-5-3-13-30(34)36/h1-2,4-12,14-25H,3,13H2. The summed E-state index contributed by atoms with van der Waals surface area (Å²) < 4.78 is 2.47. The van der Waals surface area contributed by atoms with Gasteiger partial charge in [-0.05, 0) is 92.4 Å². The monoisotopic (exact) mass is 521 g/mol. The molecule has 0 aliphatic heterocycles. The maximum absolute atomic E-state index is 2.47. The molecule has 1 nitrogen and oxygen atoms in total. The van der Waals surface area contributed by atoms with Gasteiger partial charge in [0.15, 0.2) is 0 Å². The molecule has 9 rings (SSSR count). The second-order valence-corrected chi connectivity index (χ2v) is 11.2. The third kappa shape index (κ3) is 3.30. The minimum Gasteiger partial charge on any atom is -0.309 e. The van der Waals surface area contributed by atoms with Crippen molar-refractivity contribution in [3.8, 4) is 16.8 Å². The lowest BCUT2D eigenvalue weighted by molar-refractivity contribution is 0.992. The van der Waals surface area contributed by atoms with Crippen molar-refractivity contribution < 1.29 is 0 Å². The van der Waals surface area contributed by atoms with Crippen LogP contribution in [0.2, 0.25) is 0 Å². The lowest BCUT2D eigenvalue weighted by atomic mass is 9.83. The van der Waals surface area contributed by atoms with E-state index in [4.69, 9.17) is 0 Å². The average molecular weight is 522 g/mol. The maximum Gasteiger partial charge on any atom is 0.0546 e. The van der Waals surface area contributed by atoms with Gasteiger partial charge in [0.2, 0.25) is 0 Å². The molecule has 0 radical (unpaired) electrons. The van der Waals surface area contributed by atoms with Crippen LogP contribution in [0.1, 0.15) is 17.5 Å².